The minimum Gasteiger partial charge on any atom is -0.480 e. The monoisotopic (exact) mass is 567 g/mol. The van der Waals surface area contributed by atoms with Crippen molar-refractivity contribution in [3.63, 3.8) is 0 Å². The van der Waals surface area contributed by atoms with E-state index < -0.39 is 0 Å². The number of nitrogens with zero attached hydrogens (tertiary/aromatic N) is 3. The molecule has 2 N–H and O–H groups in total. The molecule has 220 valence electrons. The lowest BCUT2D eigenvalue weighted by Crippen LogP contribution is -2.32. The Balaban J connectivity index is 1.61. The molecular formula is C34H41N5O3. The van der Waals surface area contributed by atoms with Crippen LogP contribution in [0.25, 0.3) is 11.3 Å². The topological polar surface area (TPSA) is 102 Å². The van der Waals surface area contributed by atoms with E-state index in [4.69, 9.17) is 34.6 Å². The maximum Gasteiger partial charge on any atom is 0.222 e. The summed E-state index contributed by atoms with van der Waals surface area (Å²) < 4.78 is 17.9. The molecule has 0 bridgehead atoms. The smallest absolute Gasteiger partial charge is 0.222 e. The molecule has 2 aromatic carbocycles. The first kappa shape index (κ1) is 30.8. The van der Waals surface area contributed by atoms with Crippen LogP contribution in [0.5, 0.6) is 5.88 Å². The molecule has 0 unspecified atom stereocenters. The molecule has 42 heavy (non-hydrogen) atoms. The lowest BCUT2D eigenvalue weighted by Gasteiger charge is -2.22. The zero-order chi connectivity index (χ0) is 29.9. The molecule has 0 aliphatic rings. The van der Waals surface area contributed by atoms with E-state index in [1.54, 1.807) is 14.0 Å². The van der Waals surface area contributed by atoms with E-state index in [1.807, 2.05) is 79.7 Å². The molecule has 0 amide bonds. The summed E-state index contributed by atoms with van der Waals surface area (Å²) >= 11 is 0. The van der Waals surface area contributed by atoms with Crippen molar-refractivity contribution in [2.75, 3.05) is 25.6 Å². The molecule has 0 saturated carbocycles. The first-order valence-corrected chi connectivity index (χ1v) is 14.4. The predicted molar refractivity (Wildman–Crippen MR) is 167 cm³/mol. The number of aromatic nitrogens is 3. The normalized spacial score (nSPS) is 11.2. The van der Waals surface area contributed by atoms with Gasteiger partial charge in [-0.3, -0.25) is 0 Å². The molecule has 8 heteroatoms. The highest BCUT2D eigenvalue weighted by Crippen LogP contribution is 2.32. The Morgan fingerprint density at radius 1 is 0.833 bits per heavy atom. The number of hydrogen-bond donors (Lipinski definition) is 2. The molecular weight excluding hydrogens is 526 g/mol. The van der Waals surface area contributed by atoms with Crippen LogP contribution in [0.2, 0.25) is 0 Å². The van der Waals surface area contributed by atoms with Gasteiger partial charge < -0.3 is 24.9 Å². The summed E-state index contributed by atoms with van der Waals surface area (Å²) in [6.45, 7) is 9.70. The van der Waals surface area contributed by atoms with Crippen molar-refractivity contribution < 1.29 is 14.2 Å². The molecule has 0 saturated heterocycles. The quantitative estimate of drug-likeness (QED) is 0.152. The minimum atomic E-state index is -0.220. The maximum atomic E-state index is 8.55. The van der Waals surface area contributed by atoms with Crippen LogP contribution in [0.3, 0.4) is 0 Å². The van der Waals surface area contributed by atoms with Crippen LogP contribution in [0.1, 0.15) is 61.8 Å². The zero-order valence-electron chi connectivity index (χ0n) is 25.2. The number of nitrogens with one attached hydrogen (secondary N) is 2. The lowest BCUT2D eigenvalue weighted by atomic mass is 10.0. The molecule has 0 fully saturated rings. The summed E-state index contributed by atoms with van der Waals surface area (Å²) in [6.07, 6.45) is 0.642. The Bertz CT molecular complexity index is 1400. The molecule has 4 rings (SSSR count). The second-order valence-electron chi connectivity index (χ2n) is 10.5. The van der Waals surface area contributed by atoms with E-state index in [2.05, 4.69) is 19.2 Å². The van der Waals surface area contributed by atoms with Gasteiger partial charge in [0.05, 0.1) is 62.2 Å². The molecule has 0 spiro atoms. The Morgan fingerprint density at radius 3 is 1.93 bits per heavy atom. The van der Waals surface area contributed by atoms with E-state index in [0.29, 0.717) is 61.6 Å². The van der Waals surface area contributed by atoms with Crippen molar-refractivity contribution in [1.82, 2.24) is 15.0 Å². The number of pyridine rings is 1. The van der Waals surface area contributed by atoms with Gasteiger partial charge in [-0.2, -0.15) is 0 Å². The van der Waals surface area contributed by atoms with E-state index in [1.165, 1.54) is 0 Å². The van der Waals surface area contributed by atoms with Gasteiger partial charge in [0, 0.05) is 5.69 Å². The van der Waals surface area contributed by atoms with Crippen LogP contribution < -0.4 is 10.1 Å². The SMILES string of the molecule is CCc1nc(NC(COCc2ccccc2)COCc2ccccc2)c(C(C)=N)nc1-c1ccc(C(C)C)nc1OC. The summed E-state index contributed by atoms with van der Waals surface area (Å²) in [5.41, 5.74) is 6.12. The van der Waals surface area contributed by atoms with Crippen molar-refractivity contribution in [2.45, 2.75) is 59.3 Å². The predicted octanol–water partition coefficient (Wildman–Crippen LogP) is 6.83. The molecule has 4 aromatic rings. The Labute approximate surface area is 249 Å². The van der Waals surface area contributed by atoms with Crippen molar-refractivity contribution >= 4 is 11.5 Å². The van der Waals surface area contributed by atoms with Crippen molar-refractivity contribution in [2.24, 2.45) is 0 Å². The van der Waals surface area contributed by atoms with E-state index in [0.717, 1.165) is 28.1 Å². The molecule has 0 aliphatic carbocycles. The van der Waals surface area contributed by atoms with Crippen LogP contribution in [0, 0.1) is 5.41 Å². The fraction of sp³-hybridized carbons (Fsp3) is 0.353. The Hall–Kier alpha value is -4.14. The number of benzene rings is 2. The number of methoxy groups -OCH3 is 1. The average molecular weight is 568 g/mol. The van der Waals surface area contributed by atoms with Crippen molar-refractivity contribution in [1.29, 1.82) is 5.41 Å². The molecule has 0 atom stereocenters. The molecule has 8 nitrogen and oxygen atoms in total. The van der Waals surface area contributed by atoms with Gasteiger partial charge >= 0.3 is 0 Å². The first-order chi connectivity index (χ1) is 20.4. The highest BCUT2D eigenvalue weighted by molar-refractivity contribution is 5.99. The van der Waals surface area contributed by atoms with E-state index in [-0.39, 0.29) is 12.0 Å². The fourth-order valence-electron chi connectivity index (χ4n) is 4.52. The highest BCUT2D eigenvalue weighted by atomic mass is 16.5. The summed E-state index contributed by atoms with van der Waals surface area (Å²) in [5.74, 6) is 1.30. The largest absolute Gasteiger partial charge is 0.480 e. The molecule has 2 heterocycles. The summed E-state index contributed by atoms with van der Waals surface area (Å²) in [7, 11) is 1.61. The van der Waals surface area contributed by atoms with Crippen LogP contribution in [-0.4, -0.2) is 47.0 Å². The van der Waals surface area contributed by atoms with Gasteiger partial charge in [0.15, 0.2) is 5.82 Å². The van der Waals surface area contributed by atoms with Gasteiger partial charge in [-0.15, -0.1) is 0 Å². The number of hydrogen-bond acceptors (Lipinski definition) is 8. The van der Waals surface area contributed by atoms with Gasteiger partial charge in [0.25, 0.3) is 0 Å². The summed E-state index contributed by atoms with van der Waals surface area (Å²) in [5, 5.41) is 12.0. The van der Waals surface area contributed by atoms with Gasteiger partial charge in [0.1, 0.15) is 5.69 Å². The average Bonchev–Trinajstić information content (AvgIpc) is 3.01. The van der Waals surface area contributed by atoms with Crippen molar-refractivity contribution in [3.8, 4) is 17.1 Å². The first-order valence-electron chi connectivity index (χ1n) is 14.4. The fourth-order valence-corrected chi connectivity index (χ4v) is 4.52. The second-order valence-corrected chi connectivity index (χ2v) is 10.5. The number of anilines is 1. The number of rotatable bonds is 15. The summed E-state index contributed by atoms with van der Waals surface area (Å²) in [6, 6.07) is 23.9. The van der Waals surface area contributed by atoms with Crippen LogP contribution in [0.15, 0.2) is 72.8 Å². The highest BCUT2D eigenvalue weighted by Gasteiger charge is 2.22. The van der Waals surface area contributed by atoms with Crippen molar-refractivity contribution in [3.05, 3.63) is 101 Å². The Morgan fingerprint density at radius 2 is 1.43 bits per heavy atom. The second kappa shape index (κ2) is 15.2. The van der Waals surface area contributed by atoms with E-state index >= 15 is 0 Å². The third-order valence-electron chi connectivity index (χ3n) is 6.78. The van der Waals surface area contributed by atoms with Gasteiger partial charge in [-0.25, -0.2) is 15.0 Å². The van der Waals surface area contributed by atoms with E-state index in [9.17, 15) is 0 Å². The summed E-state index contributed by atoms with van der Waals surface area (Å²) in [4.78, 5) is 14.7. The van der Waals surface area contributed by atoms with Gasteiger partial charge in [-0.1, -0.05) is 81.4 Å². The minimum absolute atomic E-state index is 0.220. The zero-order valence-corrected chi connectivity index (χ0v) is 25.2. The number of ether oxygens (including phenoxy) is 3. The van der Waals surface area contributed by atoms with Crippen LogP contribution >= 0.6 is 0 Å². The van der Waals surface area contributed by atoms with Crippen LogP contribution in [-0.2, 0) is 29.1 Å². The lowest BCUT2D eigenvalue weighted by molar-refractivity contribution is 0.0600. The molecule has 2 aromatic heterocycles. The Kier molecular flexibility index (Phi) is 11.1. The number of aryl methyl sites for hydroxylation is 1. The maximum absolute atomic E-state index is 8.55. The molecule has 0 aliphatic heterocycles. The standard InChI is InChI=1S/C34H41N5O3/c1-6-29-32(28-17-18-30(23(2)3)38-34(28)40-5)39-31(24(4)35)33(37-29)36-27(21-41-19-25-13-9-7-10-14-25)22-42-20-26-15-11-8-12-16-26/h7-18,23,27,35H,6,19-22H2,1-5H3,(H,36,37). The van der Waals surface area contributed by atoms with Gasteiger partial charge in [-0.05, 0) is 42.5 Å². The third-order valence-corrected chi connectivity index (χ3v) is 6.78. The van der Waals surface area contributed by atoms with Gasteiger partial charge in [0.2, 0.25) is 5.88 Å². The third kappa shape index (κ3) is 8.21. The molecule has 0 radical (unpaired) electrons. The van der Waals surface area contributed by atoms with Crippen LogP contribution in [0.4, 0.5) is 5.82 Å².